The second kappa shape index (κ2) is 7.95. The Bertz CT molecular complexity index is 1030. The second-order valence-electron chi connectivity index (χ2n) is 6.25. The van der Waals surface area contributed by atoms with Crippen molar-refractivity contribution in [3.8, 4) is 17.0 Å². The van der Waals surface area contributed by atoms with Crippen molar-refractivity contribution in [2.75, 3.05) is 6.79 Å². The van der Waals surface area contributed by atoms with Gasteiger partial charge < -0.3 is 9.47 Å². The van der Waals surface area contributed by atoms with E-state index in [1.54, 1.807) is 6.07 Å². The molecular weight excluding hydrogens is 378 g/mol. The second-order valence-corrected chi connectivity index (χ2v) is 7.25. The van der Waals surface area contributed by atoms with E-state index < -0.39 is 4.92 Å². The Morgan fingerprint density at radius 3 is 2.79 bits per heavy atom. The summed E-state index contributed by atoms with van der Waals surface area (Å²) in [6.45, 7) is 2.30. The van der Waals surface area contributed by atoms with Gasteiger partial charge in [0.25, 0.3) is 5.69 Å². The zero-order chi connectivity index (χ0) is 19.5. The van der Waals surface area contributed by atoms with Gasteiger partial charge in [-0.3, -0.25) is 10.1 Å². The van der Waals surface area contributed by atoms with Crippen molar-refractivity contribution in [2.24, 2.45) is 0 Å². The molecule has 28 heavy (non-hydrogen) atoms. The van der Waals surface area contributed by atoms with Crippen LogP contribution in [0.25, 0.3) is 11.3 Å². The van der Waals surface area contributed by atoms with Crippen molar-refractivity contribution in [1.82, 2.24) is 9.97 Å². The highest BCUT2D eigenvalue weighted by molar-refractivity contribution is 7.98. The first-order valence-electron chi connectivity index (χ1n) is 8.65. The number of hydrogen-bond donors (Lipinski definition) is 0. The molecular formula is C20H17N3O4S. The minimum absolute atomic E-state index is 0.0345. The van der Waals surface area contributed by atoms with Crippen LogP contribution in [-0.4, -0.2) is 21.7 Å². The lowest BCUT2D eigenvalue weighted by atomic mass is 10.1. The largest absolute Gasteiger partial charge is 0.467 e. The highest BCUT2D eigenvalue weighted by Gasteiger charge is 2.21. The number of rotatable bonds is 5. The standard InChI is InChI=1S/C20H17N3O4S/c1-13-21-18(14-5-3-2-4-6-14)9-19(22-13)28-11-16-8-17(23(24)25)7-15-10-26-12-27-20(15)16/h2-9H,10-12H2,1H3. The van der Waals surface area contributed by atoms with E-state index in [2.05, 4.69) is 9.97 Å². The molecule has 0 saturated carbocycles. The maximum Gasteiger partial charge on any atom is 0.270 e. The number of aryl methyl sites for hydroxylation is 1. The molecule has 0 atom stereocenters. The Labute approximate surface area is 165 Å². The molecule has 1 aliphatic heterocycles. The van der Waals surface area contributed by atoms with Crippen molar-refractivity contribution in [3.63, 3.8) is 0 Å². The predicted octanol–water partition coefficient (Wildman–Crippen LogP) is 4.52. The number of benzene rings is 2. The van der Waals surface area contributed by atoms with Gasteiger partial charge in [0.2, 0.25) is 0 Å². The Morgan fingerprint density at radius 2 is 2.00 bits per heavy atom. The molecule has 1 aliphatic rings. The van der Waals surface area contributed by atoms with E-state index in [1.165, 1.54) is 17.8 Å². The number of aromatic nitrogens is 2. The number of nitro benzene ring substituents is 1. The van der Waals surface area contributed by atoms with E-state index in [-0.39, 0.29) is 12.5 Å². The molecule has 0 aliphatic carbocycles. The lowest BCUT2D eigenvalue weighted by Gasteiger charge is -2.20. The van der Waals surface area contributed by atoms with Crippen molar-refractivity contribution in [2.45, 2.75) is 24.3 Å². The van der Waals surface area contributed by atoms with E-state index in [9.17, 15) is 10.1 Å². The fraction of sp³-hybridized carbons (Fsp3) is 0.200. The molecule has 3 aromatic rings. The zero-order valence-electron chi connectivity index (χ0n) is 15.1. The Morgan fingerprint density at radius 1 is 1.18 bits per heavy atom. The average molecular weight is 395 g/mol. The van der Waals surface area contributed by atoms with Gasteiger partial charge in [-0.1, -0.05) is 30.3 Å². The third-order valence-electron chi connectivity index (χ3n) is 4.24. The van der Waals surface area contributed by atoms with Crippen molar-refractivity contribution >= 4 is 17.4 Å². The van der Waals surface area contributed by atoms with Gasteiger partial charge in [0.1, 0.15) is 16.6 Å². The molecule has 8 heteroatoms. The average Bonchev–Trinajstić information content (AvgIpc) is 2.72. The number of hydrogen-bond acceptors (Lipinski definition) is 7. The van der Waals surface area contributed by atoms with E-state index in [0.717, 1.165) is 21.8 Å². The zero-order valence-corrected chi connectivity index (χ0v) is 15.9. The third-order valence-corrected chi connectivity index (χ3v) is 5.20. The Balaban J connectivity index is 1.62. The molecule has 0 N–H and O–H groups in total. The number of thioether (sulfide) groups is 1. The van der Waals surface area contributed by atoms with Gasteiger partial charge in [0.15, 0.2) is 6.79 Å². The summed E-state index contributed by atoms with van der Waals surface area (Å²) in [5.41, 5.74) is 3.35. The molecule has 7 nitrogen and oxygen atoms in total. The topological polar surface area (TPSA) is 87.4 Å². The van der Waals surface area contributed by atoms with Crippen LogP contribution in [0.4, 0.5) is 5.69 Å². The van der Waals surface area contributed by atoms with Gasteiger partial charge in [-0.25, -0.2) is 9.97 Å². The number of fused-ring (bicyclic) bond motifs is 1. The number of non-ortho nitro benzene ring substituents is 1. The molecule has 2 aromatic carbocycles. The predicted molar refractivity (Wildman–Crippen MR) is 105 cm³/mol. The van der Waals surface area contributed by atoms with Crippen LogP contribution >= 0.6 is 11.8 Å². The van der Waals surface area contributed by atoms with E-state index in [4.69, 9.17) is 9.47 Å². The molecule has 0 unspecified atom stereocenters. The van der Waals surface area contributed by atoms with Gasteiger partial charge in [-0.05, 0) is 13.0 Å². The lowest BCUT2D eigenvalue weighted by Crippen LogP contribution is -2.13. The highest BCUT2D eigenvalue weighted by atomic mass is 32.2. The van der Waals surface area contributed by atoms with Crippen LogP contribution in [0, 0.1) is 17.0 Å². The minimum Gasteiger partial charge on any atom is -0.467 e. The highest BCUT2D eigenvalue weighted by Crippen LogP contribution is 2.36. The summed E-state index contributed by atoms with van der Waals surface area (Å²) >= 11 is 1.50. The molecule has 0 spiro atoms. The molecule has 0 radical (unpaired) electrons. The summed E-state index contributed by atoms with van der Waals surface area (Å²) in [6, 6.07) is 14.9. The summed E-state index contributed by atoms with van der Waals surface area (Å²) in [5.74, 6) is 1.84. The number of nitro groups is 1. The van der Waals surface area contributed by atoms with Crippen LogP contribution in [0.2, 0.25) is 0 Å². The quantitative estimate of drug-likeness (QED) is 0.272. The van der Waals surface area contributed by atoms with Crippen LogP contribution in [-0.2, 0) is 17.1 Å². The molecule has 0 bridgehead atoms. The van der Waals surface area contributed by atoms with Crippen LogP contribution in [0.1, 0.15) is 17.0 Å². The minimum atomic E-state index is -0.397. The summed E-state index contributed by atoms with van der Waals surface area (Å²) < 4.78 is 10.9. The van der Waals surface area contributed by atoms with Gasteiger partial charge >= 0.3 is 0 Å². The van der Waals surface area contributed by atoms with E-state index in [1.807, 2.05) is 43.3 Å². The number of ether oxygens (including phenoxy) is 2. The Kier molecular flexibility index (Phi) is 5.23. The van der Waals surface area contributed by atoms with Gasteiger partial charge in [0.05, 0.1) is 17.2 Å². The van der Waals surface area contributed by atoms with Gasteiger partial charge in [-0.2, -0.15) is 0 Å². The van der Waals surface area contributed by atoms with E-state index in [0.29, 0.717) is 29.5 Å². The molecule has 0 amide bonds. The van der Waals surface area contributed by atoms with Crippen LogP contribution in [0.5, 0.6) is 5.75 Å². The molecule has 0 saturated heterocycles. The van der Waals surface area contributed by atoms with Gasteiger partial charge in [0, 0.05) is 34.6 Å². The number of nitrogens with zero attached hydrogens (tertiary/aromatic N) is 3. The van der Waals surface area contributed by atoms with Crippen molar-refractivity contribution in [3.05, 3.63) is 75.6 Å². The first-order chi connectivity index (χ1) is 13.6. The molecule has 2 heterocycles. The summed E-state index contributed by atoms with van der Waals surface area (Å²) in [6.07, 6.45) is 0. The van der Waals surface area contributed by atoms with Crippen LogP contribution in [0.15, 0.2) is 53.6 Å². The monoisotopic (exact) mass is 395 g/mol. The first-order valence-corrected chi connectivity index (χ1v) is 9.63. The summed E-state index contributed by atoms with van der Waals surface area (Å²) in [7, 11) is 0. The molecule has 0 fully saturated rings. The Hall–Kier alpha value is -2.97. The third kappa shape index (κ3) is 3.97. The van der Waals surface area contributed by atoms with Crippen molar-refractivity contribution < 1.29 is 14.4 Å². The maximum absolute atomic E-state index is 11.3. The lowest BCUT2D eigenvalue weighted by molar-refractivity contribution is -0.385. The fourth-order valence-corrected chi connectivity index (χ4v) is 3.93. The smallest absolute Gasteiger partial charge is 0.270 e. The summed E-state index contributed by atoms with van der Waals surface area (Å²) in [4.78, 5) is 19.9. The van der Waals surface area contributed by atoms with E-state index >= 15 is 0 Å². The van der Waals surface area contributed by atoms with Crippen molar-refractivity contribution in [1.29, 1.82) is 0 Å². The van der Waals surface area contributed by atoms with Gasteiger partial charge in [-0.15, -0.1) is 11.8 Å². The normalized spacial score (nSPS) is 12.9. The SMILES string of the molecule is Cc1nc(SCc2cc([N+](=O)[O-])cc3c2OCOC3)cc(-c2ccccc2)n1. The van der Waals surface area contributed by atoms with Crippen LogP contribution < -0.4 is 4.74 Å². The molecule has 4 rings (SSSR count). The molecule has 1 aromatic heterocycles. The van der Waals surface area contributed by atoms with Crippen LogP contribution in [0.3, 0.4) is 0 Å². The molecule has 142 valence electrons. The first kappa shape index (κ1) is 18.4. The maximum atomic E-state index is 11.3. The fourth-order valence-electron chi connectivity index (χ4n) is 3.02. The summed E-state index contributed by atoms with van der Waals surface area (Å²) in [5, 5.41) is 12.1.